The van der Waals surface area contributed by atoms with E-state index >= 15 is 0 Å². The lowest BCUT2D eigenvalue weighted by Gasteiger charge is -1.99. The zero-order chi connectivity index (χ0) is 10.9. The number of phenolic OH excluding ortho intramolecular Hbond substituents is 1. The Bertz CT molecular complexity index is 285. The molecule has 1 aromatic carbocycles. The van der Waals surface area contributed by atoms with E-state index in [4.69, 9.17) is 5.11 Å². The van der Waals surface area contributed by atoms with Crippen LogP contribution in [0.15, 0.2) is 36.4 Å². The number of unbranched alkanes of at least 4 members (excludes halogenated alkanes) is 2. The largest absolute Gasteiger partial charge is 0.508 e. The van der Waals surface area contributed by atoms with Crippen molar-refractivity contribution < 1.29 is 5.11 Å². The van der Waals surface area contributed by atoms with Crippen LogP contribution < -0.4 is 0 Å². The molecule has 0 spiro atoms. The van der Waals surface area contributed by atoms with Crippen LogP contribution in [0.5, 0.6) is 5.75 Å². The molecule has 82 valence electrons. The van der Waals surface area contributed by atoms with Crippen LogP contribution in [0.4, 0.5) is 0 Å². The quantitative estimate of drug-likeness (QED) is 0.547. The summed E-state index contributed by atoms with van der Waals surface area (Å²) in [6.45, 7) is 2.20. The third-order valence-electron chi connectivity index (χ3n) is 2.39. The van der Waals surface area contributed by atoms with Gasteiger partial charge in [0.25, 0.3) is 0 Å². The Morgan fingerprint density at radius 2 is 1.73 bits per heavy atom. The number of phenols is 1. The Hall–Kier alpha value is -1.24. The van der Waals surface area contributed by atoms with Crippen molar-refractivity contribution in [3.8, 4) is 5.75 Å². The van der Waals surface area contributed by atoms with E-state index in [2.05, 4.69) is 19.1 Å². The summed E-state index contributed by atoms with van der Waals surface area (Å²) in [5.41, 5.74) is 1.30. The first-order valence-corrected chi connectivity index (χ1v) is 5.76. The molecule has 1 rings (SSSR count). The van der Waals surface area contributed by atoms with Gasteiger partial charge >= 0.3 is 0 Å². The van der Waals surface area contributed by atoms with E-state index in [-0.39, 0.29) is 0 Å². The van der Waals surface area contributed by atoms with Gasteiger partial charge in [-0.15, -0.1) is 0 Å². The Morgan fingerprint density at radius 3 is 2.40 bits per heavy atom. The van der Waals surface area contributed by atoms with Gasteiger partial charge in [-0.05, 0) is 43.4 Å². The maximum absolute atomic E-state index is 9.11. The zero-order valence-corrected chi connectivity index (χ0v) is 9.45. The summed E-state index contributed by atoms with van der Waals surface area (Å²) in [6, 6.07) is 7.49. The molecule has 0 atom stereocenters. The van der Waals surface area contributed by atoms with Crippen molar-refractivity contribution in [2.75, 3.05) is 0 Å². The van der Waals surface area contributed by atoms with Crippen LogP contribution in [0.25, 0.3) is 0 Å². The molecule has 15 heavy (non-hydrogen) atoms. The van der Waals surface area contributed by atoms with Crippen molar-refractivity contribution in [2.24, 2.45) is 0 Å². The van der Waals surface area contributed by atoms with Crippen LogP contribution in [0.3, 0.4) is 0 Å². The smallest absolute Gasteiger partial charge is 0.115 e. The average molecular weight is 204 g/mol. The van der Waals surface area contributed by atoms with Crippen LogP contribution in [0, 0.1) is 0 Å². The molecule has 0 bridgehead atoms. The van der Waals surface area contributed by atoms with Crippen molar-refractivity contribution in [3.63, 3.8) is 0 Å². The summed E-state index contributed by atoms with van der Waals surface area (Å²) in [5.74, 6) is 0.349. The number of aryl methyl sites for hydroxylation is 1. The molecule has 0 saturated heterocycles. The average Bonchev–Trinajstić information content (AvgIpc) is 2.26. The summed E-state index contributed by atoms with van der Waals surface area (Å²) in [5, 5.41) is 9.11. The van der Waals surface area contributed by atoms with E-state index in [1.165, 1.54) is 24.8 Å². The molecule has 1 heteroatoms. The lowest BCUT2D eigenvalue weighted by Crippen LogP contribution is -1.83. The minimum absolute atomic E-state index is 0.349. The normalized spacial score (nSPS) is 11.0. The topological polar surface area (TPSA) is 20.2 Å². The van der Waals surface area contributed by atoms with Gasteiger partial charge in [-0.3, -0.25) is 0 Å². The molecule has 0 aliphatic rings. The molecule has 0 saturated carbocycles. The minimum Gasteiger partial charge on any atom is -0.508 e. The Morgan fingerprint density at radius 1 is 1.07 bits per heavy atom. The van der Waals surface area contributed by atoms with Gasteiger partial charge in [0.15, 0.2) is 0 Å². The molecule has 0 radical (unpaired) electrons. The molecular formula is C14H20O. The van der Waals surface area contributed by atoms with Gasteiger partial charge in [-0.1, -0.05) is 37.6 Å². The molecule has 0 aliphatic heterocycles. The highest BCUT2D eigenvalue weighted by atomic mass is 16.3. The van der Waals surface area contributed by atoms with Gasteiger partial charge in [-0.25, -0.2) is 0 Å². The SMILES string of the molecule is CCCC=CCCCc1ccc(O)cc1. The van der Waals surface area contributed by atoms with E-state index in [0.29, 0.717) is 5.75 Å². The van der Waals surface area contributed by atoms with Crippen LogP contribution >= 0.6 is 0 Å². The second-order valence-corrected chi connectivity index (χ2v) is 3.82. The Labute approximate surface area is 92.5 Å². The molecule has 0 fully saturated rings. The number of hydrogen-bond acceptors (Lipinski definition) is 1. The molecule has 0 aliphatic carbocycles. The second-order valence-electron chi connectivity index (χ2n) is 3.82. The monoisotopic (exact) mass is 204 g/mol. The third kappa shape index (κ3) is 5.26. The van der Waals surface area contributed by atoms with Crippen LogP contribution in [0.2, 0.25) is 0 Å². The molecule has 0 aromatic heterocycles. The van der Waals surface area contributed by atoms with E-state index in [1.54, 1.807) is 12.1 Å². The molecule has 0 unspecified atom stereocenters. The molecule has 0 amide bonds. The first-order chi connectivity index (χ1) is 7.33. The number of aromatic hydroxyl groups is 1. The first-order valence-electron chi connectivity index (χ1n) is 5.76. The number of rotatable bonds is 6. The molecule has 1 aromatic rings. The summed E-state index contributed by atoms with van der Waals surface area (Å²) < 4.78 is 0. The van der Waals surface area contributed by atoms with Crippen LogP contribution in [-0.4, -0.2) is 5.11 Å². The zero-order valence-electron chi connectivity index (χ0n) is 9.45. The van der Waals surface area contributed by atoms with Crippen molar-refractivity contribution in [1.82, 2.24) is 0 Å². The van der Waals surface area contributed by atoms with E-state index in [9.17, 15) is 0 Å². The van der Waals surface area contributed by atoms with Gasteiger partial charge in [0.05, 0.1) is 0 Å². The van der Waals surface area contributed by atoms with Gasteiger partial charge in [-0.2, -0.15) is 0 Å². The van der Waals surface area contributed by atoms with Gasteiger partial charge in [0.2, 0.25) is 0 Å². The van der Waals surface area contributed by atoms with Crippen LogP contribution in [-0.2, 0) is 6.42 Å². The highest BCUT2D eigenvalue weighted by Gasteiger charge is 1.92. The van der Waals surface area contributed by atoms with Gasteiger partial charge in [0.1, 0.15) is 5.75 Å². The van der Waals surface area contributed by atoms with Crippen molar-refractivity contribution in [2.45, 2.75) is 39.0 Å². The van der Waals surface area contributed by atoms with E-state index in [0.717, 1.165) is 12.8 Å². The molecule has 0 heterocycles. The Kier molecular flexibility index (Phi) is 5.60. The predicted octanol–water partition coefficient (Wildman–Crippen LogP) is 4.07. The van der Waals surface area contributed by atoms with E-state index in [1.807, 2.05) is 12.1 Å². The fourth-order valence-electron chi connectivity index (χ4n) is 1.49. The van der Waals surface area contributed by atoms with E-state index < -0.39 is 0 Å². The lowest BCUT2D eigenvalue weighted by molar-refractivity contribution is 0.475. The predicted molar refractivity (Wildman–Crippen MR) is 65.1 cm³/mol. The molecule has 1 N–H and O–H groups in total. The highest BCUT2D eigenvalue weighted by molar-refractivity contribution is 5.25. The summed E-state index contributed by atoms with van der Waals surface area (Å²) >= 11 is 0. The minimum atomic E-state index is 0.349. The van der Waals surface area contributed by atoms with Crippen molar-refractivity contribution in [3.05, 3.63) is 42.0 Å². The van der Waals surface area contributed by atoms with Crippen LogP contribution in [0.1, 0.15) is 38.2 Å². The Balaban J connectivity index is 2.17. The first kappa shape index (κ1) is 11.8. The fraction of sp³-hybridized carbons (Fsp3) is 0.429. The summed E-state index contributed by atoms with van der Waals surface area (Å²) in [6.07, 6.45) is 10.4. The molecule has 1 nitrogen and oxygen atoms in total. The lowest BCUT2D eigenvalue weighted by atomic mass is 10.1. The number of allylic oxidation sites excluding steroid dienone is 2. The number of hydrogen-bond donors (Lipinski definition) is 1. The summed E-state index contributed by atoms with van der Waals surface area (Å²) in [4.78, 5) is 0. The highest BCUT2D eigenvalue weighted by Crippen LogP contribution is 2.11. The number of benzene rings is 1. The molecular weight excluding hydrogens is 184 g/mol. The maximum atomic E-state index is 9.11. The van der Waals surface area contributed by atoms with Crippen molar-refractivity contribution in [1.29, 1.82) is 0 Å². The standard InChI is InChI=1S/C14H20O/c1-2-3-4-5-6-7-8-13-9-11-14(15)12-10-13/h4-5,9-12,15H,2-3,6-8H2,1H3. The van der Waals surface area contributed by atoms with Gasteiger partial charge < -0.3 is 5.11 Å². The summed E-state index contributed by atoms with van der Waals surface area (Å²) in [7, 11) is 0. The van der Waals surface area contributed by atoms with Gasteiger partial charge in [0, 0.05) is 0 Å². The van der Waals surface area contributed by atoms with Crippen molar-refractivity contribution >= 4 is 0 Å². The fourth-order valence-corrected chi connectivity index (χ4v) is 1.49. The third-order valence-corrected chi connectivity index (χ3v) is 2.39. The maximum Gasteiger partial charge on any atom is 0.115 e. The second kappa shape index (κ2) is 7.10.